The van der Waals surface area contributed by atoms with E-state index in [-0.39, 0.29) is 24.4 Å². The molecule has 0 unspecified atom stereocenters. The number of carbonyl (C=O) groups excluding carboxylic acids is 2. The van der Waals surface area contributed by atoms with Crippen LogP contribution in [-0.2, 0) is 4.79 Å². The van der Waals surface area contributed by atoms with Gasteiger partial charge in [0.2, 0.25) is 5.91 Å². The van der Waals surface area contributed by atoms with Gasteiger partial charge in [-0.2, -0.15) is 0 Å². The third-order valence-electron chi connectivity index (χ3n) is 3.64. The lowest BCUT2D eigenvalue weighted by Gasteiger charge is -2.23. The van der Waals surface area contributed by atoms with Crippen molar-refractivity contribution >= 4 is 11.8 Å². The SMILES string of the molecule is CC(C)CN1CCN(C(=O)c2cccc(F)c2F)CCC1=O. The molecular weight excluding hydrogens is 290 g/mol. The zero-order chi connectivity index (χ0) is 16.3. The van der Waals surface area contributed by atoms with Crippen LogP contribution in [0.15, 0.2) is 18.2 Å². The lowest BCUT2D eigenvalue weighted by molar-refractivity contribution is -0.130. The molecule has 0 saturated carbocycles. The molecule has 0 N–H and O–H groups in total. The van der Waals surface area contributed by atoms with Crippen molar-refractivity contribution in [1.82, 2.24) is 9.80 Å². The summed E-state index contributed by atoms with van der Waals surface area (Å²) in [6.07, 6.45) is 0.204. The van der Waals surface area contributed by atoms with Gasteiger partial charge in [-0.15, -0.1) is 0 Å². The maximum Gasteiger partial charge on any atom is 0.257 e. The van der Waals surface area contributed by atoms with E-state index in [1.807, 2.05) is 13.8 Å². The molecule has 0 spiro atoms. The van der Waals surface area contributed by atoms with Crippen molar-refractivity contribution in [1.29, 1.82) is 0 Å². The Hall–Kier alpha value is -1.98. The van der Waals surface area contributed by atoms with E-state index in [9.17, 15) is 18.4 Å². The van der Waals surface area contributed by atoms with Crippen LogP contribution in [0.25, 0.3) is 0 Å². The Bertz CT molecular complexity index is 575. The zero-order valence-corrected chi connectivity index (χ0v) is 12.8. The Morgan fingerprint density at radius 3 is 2.64 bits per heavy atom. The molecule has 0 radical (unpaired) electrons. The molecule has 1 saturated heterocycles. The number of amides is 2. The average Bonchev–Trinajstić information content (AvgIpc) is 2.64. The number of halogens is 2. The first-order chi connectivity index (χ1) is 10.4. The van der Waals surface area contributed by atoms with Crippen LogP contribution in [0.2, 0.25) is 0 Å². The van der Waals surface area contributed by atoms with Crippen molar-refractivity contribution in [3.05, 3.63) is 35.4 Å². The first-order valence-corrected chi connectivity index (χ1v) is 7.41. The van der Waals surface area contributed by atoms with Crippen molar-refractivity contribution in [2.45, 2.75) is 20.3 Å². The minimum atomic E-state index is -1.14. The molecule has 6 heteroatoms. The maximum absolute atomic E-state index is 13.7. The van der Waals surface area contributed by atoms with E-state index >= 15 is 0 Å². The Morgan fingerprint density at radius 2 is 1.95 bits per heavy atom. The molecule has 1 heterocycles. The Morgan fingerprint density at radius 1 is 1.23 bits per heavy atom. The normalized spacial score (nSPS) is 16.1. The largest absolute Gasteiger partial charge is 0.341 e. The Kier molecular flexibility index (Phi) is 5.11. The Labute approximate surface area is 128 Å². The maximum atomic E-state index is 13.7. The summed E-state index contributed by atoms with van der Waals surface area (Å²) < 4.78 is 27.0. The minimum Gasteiger partial charge on any atom is -0.341 e. The van der Waals surface area contributed by atoms with Crippen LogP contribution in [-0.4, -0.2) is 47.8 Å². The van der Waals surface area contributed by atoms with E-state index in [4.69, 9.17) is 0 Å². The van der Waals surface area contributed by atoms with Gasteiger partial charge in [0.1, 0.15) is 0 Å². The predicted molar refractivity (Wildman–Crippen MR) is 78.3 cm³/mol. The summed E-state index contributed by atoms with van der Waals surface area (Å²) >= 11 is 0. The van der Waals surface area contributed by atoms with Gasteiger partial charge in [0.05, 0.1) is 5.56 Å². The fourth-order valence-electron chi connectivity index (χ4n) is 2.54. The van der Waals surface area contributed by atoms with Crippen LogP contribution in [0.1, 0.15) is 30.6 Å². The van der Waals surface area contributed by atoms with Gasteiger partial charge in [-0.05, 0) is 18.1 Å². The number of rotatable bonds is 3. The zero-order valence-electron chi connectivity index (χ0n) is 12.8. The van der Waals surface area contributed by atoms with Gasteiger partial charge in [0.15, 0.2) is 11.6 Å². The fourth-order valence-corrected chi connectivity index (χ4v) is 2.54. The highest BCUT2D eigenvalue weighted by Gasteiger charge is 2.26. The number of benzene rings is 1. The standard InChI is InChI=1S/C16H20F2N2O2/c1-11(2)10-20-9-8-19(7-6-14(20)21)16(22)12-4-3-5-13(17)15(12)18/h3-5,11H,6-10H2,1-2H3. The topological polar surface area (TPSA) is 40.6 Å². The molecule has 1 fully saturated rings. The molecule has 1 aromatic carbocycles. The highest BCUT2D eigenvalue weighted by Crippen LogP contribution is 2.16. The molecule has 4 nitrogen and oxygen atoms in total. The second kappa shape index (κ2) is 6.85. The summed E-state index contributed by atoms with van der Waals surface area (Å²) in [6.45, 7) is 5.64. The highest BCUT2D eigenvalue weighted by molar-refractivity contribution is 5.95. The van der Waals surface area contributed by atoms with Gasteiger partial charge in [-0.25, -0.2) is 8.78 Å². The molecule has 0 bridgehead atoms. The first-order valence-electron chi connectivity index (χ1n) is 7.41. The summed E-state index contributed by atoms with van der Waals surface area (Å²) in [7, 11) is 0. The van der Waals surface area contributed by atoms with Gasteiger partial charge in [-0.3, -0.25) is 9.59 Å². The molecule has 1 aliphatic heterocycles. The molecular formula is C16H20F2N2O2. The number of nitrogens with zero attached hydrogens (tertiary/aromatic N) is 2. The molecule has 2 rings (SSSR count). The van der Waals surface area contributed by atoms with E-state index in [0.29, 0.717) is 25.6 Å². The van der Waals surface area contributed by atoms with Gasteiger partial charge in [-0.1, -0.05) is 19.9 Å². The smallest absolute Gasteiger partial charge is 0.257 e. The van der Waals surface area contributed by atoms with Crippen LogP contribution in [0.4, 0.5) is 8.78 Å². The number of carbonyl (C=O) groups is 2. The summed E-state index contributed by atoms with van der Waals surface area (Å²) in [6, 6.07) is 3.54. The summed E-state index contributed by atoms with van der Waals surface area (Å²) in [5.41, 5.74) is -0.287. The van der Waals surface area contributed by atoms with Crippen molar-refractivity contribution in [2.75, 3.05) is 26.2 Å². The van der Waals surface area contributed by atoms with Gasteiger partial charge >= 0.3 is 0 Å². The van der Waals surface area contributed by atoms with E-state index in [0.717, 1.165) is 6.07 Å². The average molecular weight is 310 g/mol. The fraction of sp³-hybridized carbons (Fsp3) is 0.500. The van der Waals surface area contributed by atoms with Crippen molar-refractivity contribution in [2.24, 2.45) is 5.92 Å². The summed E-state index contributed by atoms with van der Waals surface area (Å²) in [4.78, 5) is 27.5. The number of hydrogen-bond donors (Lipinski definition) is 0. The van der Waals surface area contributed by atoms with E-state index in [1.54, 1.807) is 4.90 Å². The van der Waals surface area contributed by atoms with E-state index < -0.39 is 17.5 Å². The second-order valence-corrected chi connectivity index (χ2v) is 5.88. The molecule has 120 valence electrons. The monoisotopic (exact) mass is 310 g/mol. The van der Waals surface area contributed by atoms with E-state index in [1.165, 1.54) is 17.0 Å². The van der Waals surface area contributed by atoms with Crippen molar-refractivity contribution in [3.63, 3.8) is 0 Å². The van der Waals surface area contributed by atoms with Crippen LogP contribution in [0, 0.1) is 17.6 Å². The molecule has 2 amide bonds. The molecule has 0 aromatic heterocycles. The van der Waals surface area contributed by atoms with Gasteiger partial charge in [0, 0.05) is 32.6 Å². The van der Waals surface area contributed by atoms with Gasteiger partial charge < -0.3 is 9.80 Å². The van der Waals surface area contributed by atoms with Crippen LogP contribution in [0.5, 0.6) is 0 Å². The van der Waals surface area contributed by atoms with Crippen LogP contribution in [0.3, 0.4) is 0 Å². The van der Waals surface area contributed by atoms with Crippen LogP contribution < -0.4 is 0 Å². The molecule has 0 aliphatic carbocycles. The van der Waals surface area contributed by atoms with E-state index in [2.05, 4.69) is 0 Å². The van der Waals surface area contributed by atoms with Gasteiger partial charge in [0.25, 0.3) is 5.91 Å². The lowest BCUT2D eigenvalue weighted by atomic mass is 10.1. The summed E-state index contributed by atoms with van der Waals surface area (Å²) in [5.74, 6) is -2.42. The predicted octanol–water partition coefficient (Wildman–Crippen LogP) is 2.30. The molecule has 1 aliphatic rings. The second-order valence-electron chi connectivity index (χ2n) is 5.88. The first kappa shape index (κ1) is 16.4. The third-order valence-corrected chi connectivity index (χ3v) is 3.64. The van der Waals surface area contributed by atoms with Crippen LogP contribution >= 0.6 is 0 Å². The Balaban J connectivity index is 2.12. The molecule has 22 heavy (non-hydrogen) atoms. The molecule has 1 aromatic rings. The number of hydrogen-bond acceptors (Lipinski definition) is 2. The lowest BCUT2D eigenvalue weighted by Crippen LogP contribution is -2.37. The molecule has 0 atom stereocenters. The minimum absolute atomic E-state index is 0.0104. The third kappa shape index (κ3) is 3.61. The quantitative estimate of drug-likeness (QED) is 0.859. The highest BCUT2D eigenvalue weighted by atomic mass is 19.2. The summed E-state index contributed by atoms with van der Waals surface area (Å²) in [5, 5.41) is 0. The van der Waals surface area contributed by atoms with Crippen molar-refractivity contribution in [3.8, 4) is 0 Å². The van der Waals surface area contributed by atoms with Crippen molar-refractivity contribution < 1.29 is 18.4 Å².